The molecule has 3 aromatic carbocycles. The molecular formula is C27H23N5O7S2. The normalized spacial score (nSPS) is 16.0. The molecule has 0 bridgehead atoms. The Labute approximate surface area is 238 Å². The van der Waals surface area contributed by atoms with Crippen LogP contribution in [0.15, 0.2) is 87.1 Å². The van der Waals surface area contributed by atoms with Gasteiger partial charge in [-0.25, -0.2) is 18.1 Å². The molecule has 0 unspecified atom stereocenters. The third kappa shape index (κ3) is 5.63. The van der Waals surface area contributed by atoms with E-state index < -0.39 is 14.9 Å². The maximum Gasteiger partial charge on any atom is 0.269 e. The number of thiazole rings is 1. The number of nitrogens with zero attached hydrogens (tertiary/aromatic N) is 5. The highest BCUT2D eigenvalue weighted by Crippen LogP contribution is 2.32. The second-order valence-electron chi connectivity index (χ2n) is 9.00. The van der Waals surface area contributed by atoms with Crippen LogP contribution in [-0.4, -0.2) is 61.6 Å². The highest BCUT2D eigenvalue weighted by atomic mass is 32.2. The van der Waals surface area contributed by atoms with Crippen molar-refractivity contribution in [2.24, 2.45) is 10.1 Å². The number of hydrogen-bond acceptors (Lipinski definition) is 10. The quantitative estimate of drug-likeness (QED) is 0.179. The van der Waals surface area contributed by atoms with E-state index in [9.17, 15) is 18.5 Å². The first-order chi connectivity index (χ1) is 19.9. The van der Waals surface area contributed by atoms with Gasteiger partial charge in [-0.15, -0.1) is 11.3 Å². The van der Waals surface area contributed by atoms with Gasteiger partial charge in [-0.3, -0.25) is 10.1 Å². The summed E-state index contributed by atoms with van der Waals surface area (Å²) in [4.78, 5) is 16.1. The van der Waals surface area contributed by atoms with E-state index in [0.29, 0.717) is 59.5 Å². The number of nitro groups is 1. The maximum absolute atomic E-state index is 13.0. The van der Waals surface area contributed by atoms with Gasteiger partial charge in [-0.05, 0) is 60.2 Å². The Balaban J connectivity index is 1.36. The lowest BCUT2D eigenvalue weighted by atomic mass is 10.1. The number of non-ortho nitro benzene ring substituents is 1. The summed E-state index contributed by atoms with van der Waals surface area (Å²) in [5.41, 5.74) is 2.67. The fourth-order valence-electron chi connectivity index (χ4n) is 4.30. The van der Waals surface area contributed by atoms with E-state index in [0.717, 1.165) is 5.56 Å². The molecule has 4 aromatic rings. The second-order valence-corrected chi connectivity index (χ2v) is 11.8. The van der Waals surface area contributed by atoms with Gasteiger partial charge in [-0.2, -0.15) is 9.41 Å². The van der Waals surface area contributed by atoms with Gasteiger partial charge in [0.2, 0.25) is 21.6 Å². The summed E-state index contributed by atoms with van der Waals surface area (Å²) in [6.45, 7) is 1.53. The van der Waals surface area contributed by atoms with Crippen LogP contribution < -0.4 is 14.3 Å². The molecule has 3 heterocycles. The van der Waals surface area contributed by atoms with E-state index in [1.54, 1.807) is 41.2 Å². The summed E-state index contributed by atoms with van der Waals surface area (Å²) in [6.07, 6.45) is 1.65. The molecule has 1 saturated heterocycles. The van der Waals surface area contributed by atoms with Crippen molar-refractivity contribution >= 4 is 38.9 Å². The van der Waals surface area contributed by atoms with E-state index in [2.05, 4.69) is 5.10 Å². The third-order valence-electron chi connectivity index (χ3n) is 6.45. The molecule has 14 heteroatoms. The topological polar surface area (TPSA) is 138 Å². The van der Waals surface area contributed by atoms with Crippen molar-refractivity contribution in [2.75, 3.05) is 33.1 Å². The molecule has 2 aliphatic rings. The van der Waals surface area contributed by atoms with E-state index in [-0.39, 0.29) is 17.4 Å². The first-order valence-electron chi connectivity index (χ1n) is 12.5. The third-order valence-corrected chi connectivity index (χ3v) is 9.18. The molecule has 6 rings (SSSR count). The van der Waals surface area contributed by atoms with Crippen molar-refractivity contribution in [1.82, 2.24) is 8.98 Å². The van der Waals surface area contributed by atoms with Gasteiger partial charge in [0.25, 0.3) is 5.69 Å². The van der Waals surface area contributed by atoms with E-state index in [4.69, 9.17) is 19.2 Å². The Hall–Kier alpha value is -4.37. The van der Waals surface area contributed by atoms with Crippen LogP contribution in [0.4, 0.5) is 11.4 Å². The molecule has 0 aliphatic carbocycles. The van der Waals surface area contributed by atoms with E-state index in [1.807, 2.05) is 17.5 Å². The van der Waals surface area contributed by atoms with Crippen molar-refractivity contribution in [3.05, 3.63) is 92.6 Å². The van der Waals surface area contributed by atoms with Gasteiger partial charge >= 0.3 is 0 Å². The number of rotatable bonds is 7. The minimum absolute atomic E-state index is 0.0172. The van der Waals surface area contributed by atoms with E-state index in [1.165, 1.54) is 39.9 Å². The summed E-state index contributed by atoms with van der Waals surface area (Å²) >= 11 is 1.33. The molecule has 0 spiro atoms. The Kier molecular flexibility index (Phi) is 7.36. The van der Waals surface area contributed by atoms with Gasteiger partial charge in [0.1, 0.15) is 0 Å². The molecule has 0 amide bonds. The number of morpholine rings is 1. The first kappa shape index (κ1) is 26.8. The largest absolute Gasteiger partial charge is 0.454 e. The average Bonchev–Trinajstić information content (AvgIpc) is 3.63. The van der Waals surface area contributed by atoms with Crippen LogP contribution in [0, 0.1) is 10.1 Å². The van der Waals surface area contributed by atoms with Gasteiger partial charge < -0.3 is 14.2 Å². The Bertz CT molecular complexity index is 1790. The lowest BCUT2D eigenvalue weighted by Crippen LogP contribution is -2.40. The standard InChI is InChI=1S/C27H23N5O7S2/c33-32(34)22-6-2-20(3-7-22)24-17-40-27(31(24)28-16-19-1-10-25-26(15-19)39-18-38-25)29-21-4-8-23(9-5-21)41(35,36)30-11-13-37-14-12-30/h1-10,15-17H,11-14,18H2. The van der Waals surface area contributed by atoms with Crippen LogP contribution in [0.2, 0.25) is 0 Å². The van der Waals surface area contributed by atoms with Crippen LogP contribution >= 0.6 is 11.3 Å². The molecule has 210 valence electrons. The first-order valence-corrected chi connectivity index (χ1v) is 14.8. The summed E-state index contributed by atoms with van der Waals surface area (Å²) in [5.74, 6) is 1.28. The Morgan fingerprint density at radius 3 is 2.41 bits per heavy atom. The molecule has 41 heavy (non-hydrogen) atoms. The highest BCUT2D eigenvalue weighted by molar-refractivity contribution is 7.89. The molecule has 12 nitrogen and oxygen atoms in total. The van der Waals surface area contributed by atoms with Crippen molar-refractivity contribution < 1.29 is 27.6 Å². The van der Waals surface area contributed by atoms with Gasteiger partial charge in [0.15, 0.2) is 11.5 Å². The molecule has 0 N–H and O–H groups in total. The molecule has 2 aliphatic heterocycles. The van der Waals surface area contributed by atoms with Crippen molar-refractivity contribution in [3.63, 3.8) is 0 Å². The monoisotopic (exact) mass is 593 g/mol. The molecule has 0 atom stereocenters. The zero-order valence-electron chi connectivity index (χ0n) is 21.5. The molecule has 0 radical (unpaired) electrons. The number of benzene rings is 3. The fourth-order valence-corrected chi connectivity index (χ4v) is 6.56. The number of aromatic nitrogens is 1. The predicted octanol–water partition coefficient (Wildman–Crippen LogP) is 3.99. The van der Waals surface area contributed by atoms with Gasteiger partial charge in [0, 0.05) is 36.2 Å². The lowest BCUT2D eigenvalue weighted by molar-refractivity contribution is -0.384. The van der Waals surface area contributed by atoms with Crippen LogP contribution in [0.25, 0.3) is 11.3 Å². The Morgan fingerprint density at radius 1 is 0.951 bits per heavy atom. The summed E-state index contributed by atoms with van der Waals surface area (Å²) in [7, 11) is -3.63. The van der Waals surface area contributed by atoms with Crippen LogP contribution in [-0.2, 0) is 14.8 Å². The summed E-state index contributed by atoms with van der Waals surface area (Å²) < 4.78 is 45.1. The summed E-state index contributed by atoms with van der Waals surface area (Å²) in [6, 6.07) is 18.0. The number of hydrogen-bond donors (Lipinski definition) is 0. The second kappa shape index (κ2) is 11.2. The predicted molar refractivity (Wildman–Crippen MR) is 151 cm³/mol. The molecule has 1 aromatic heterocycles. The van der Waals surface area contributed by atoms with Gasteiger partial charge in [0.05, 0.1) is 40.6 Å². The van der Waals surface area contributed by atoms with Gasteiger partial charge in [-0.1, -0.05) is 0 Å². The molecular weight excluding hydrogens is 570 g/mol. The van der Waals surface area contributed by atoms with Crippen LogP contribution in [0.1, 0.15) is 5.56 Å². The maximum atomic E-state index is 13.0. The van der Waals surface area contributed by atoms with Crippen LogP contribution in [0.3, 0.4) is 0 Å². The number of ether oxygens (including phenoxy) is 3. The minimum atomic E-state index is -3.63. The summed E-state index contributed by atoms with van der Waals surface area (Å²) in [5, 5.41) is 17.7. The van der Waals surface area contributed by atoms with Crippen molar-refractivity contribution in [2.45, 2.75) is 4.90 Å². The SMILES string of the molecule is O=[N+]([O-])c1ccc(-c2csc(=Nc3ccc(S(=O)(=O)N4CCOCC4)cc3)n2N=Cc2ccc3c(c2)OCO3)cc1. The lowest BCUT2D eigenvalue weighted by Gasteiger charge is -2.26. The van der Waals surface area contributed by atoms with Crippen molar-refractivity contribution in [3.8, 4) is 22.8 Å². The van der Waals surface area contributed by atoms with Crippen LogP contribution in [0.5, 0.6) is 11.5 Å². The Morgan fingerprint density at radius 2 is 1.68 bits per heavy atom. The number of fused-ring (bicyclic) bond motifs is 1. The zero-order chi connectivity index (χ0) is 28.4. The van der Waals surface area contributed by atoms with E-state index >= 15 is 0 Å². The number of sulfonamides is 1. The molecule has 1 fully saturated rings. The smallest absolute Gasteiger partial charge is 0.269 e. The fraction of sp³-hybridized carbons (Fsp3) is 0.185. The van der Waals surface area contributed by atoms with Crippen molar-refractivity contribution in [1.29, 1.82) is 0 Å². The highest BCUT2D eigenvalue weighted by Gasteiger charge is 2.26. The minimum Gasteiger partial charge on any atom is -0.454 e. The molecule has 0 saturated carbocycles. The average molecular weight is 594 g/mol. The number of nitro benzene ring substituents is 1. The zero-order valence-corrected chi connectivity index (χ0v) is 23.1.